The summed E-state index contributed by atoms with van der Waals surface area (Å²) < 4.78 is 0.901. The number of anilines is 3. The molecular weight excluding hydrogens is 310 g/mol. The van der Waals surface area contributed by atoms with Gasteiger partial charge in [0.15, 0.2) is 0 Å². The summed E-state index contributed by atoms with van der Waals surface area (Å²) in [6, 6.07) is 8.13. The number of nitrogens with two attached hydrogens (primary N) is 1. The molecule has 2 rings (SSSR count). The van der Waals surface area contributed by atoms with E-state index in [0.29, 0.717) is 5.69 Å². The number of rotatable bonds is 3. The molecule has 2 aromatic rings. The molecule has 0 radical (unpaired) electrons. The topological polar surface area (TPSA) is 50.9 Å². The molecule has 3 N–H and O–H groups in total. The van der Waals surface area contributed by atoms with Crippen molar-refractivity contribution in [2.75, 3.05) is 17.3 Å². The van der Waals surface area contributed by atoms with Gasteiger partial charge in [0, 0.05) is 4.90 Å². The first-order valence-corrected chi connectivity index (χ1v) is 7.46. The lowest BCUT2D eigenvalue weighted by molar-refractivity contribution is 1.24. The van der Waals surface area contributed by atoms with E-state index >= 15 is 0 Å². The average Bonchev–Trinajstić information content (AvgIpc) is 2.40. The summed E-state index contributed by atoms with van der Waals surface area (Å²) in [5.74, 6) is 0.781. The Morgan fingerprint density at radius 3 is 2.78 bits per heavy atom. The molecule has 3 nitrogen and oxygen atoms in total. The summed E-state index contributed by atoms with van der Waals surface area (Å²) in [4.78, 5) is 5.50. The van der Waals surface area contributed by atoms with Crippen molar-refractivity contribution in [2.45, 2.75) is 11.8 Å². The molecule has 0 saturated carbocycles. The van der Waals surface area contributed by atoms with Crippen LogP contribution >= 0.6 is 27.7 Å². The highest BCUT2D eigenvalue weighted by molar-refractivity contribution is 9.10. The van der Waals surface area contributed by atoms with Gasteiger partial charge < -0.3 is 11.1 Å². The lowest BCUT2D eigenvalue weighted by Gasteiger charge is -2.13. The van der Waals surface area contributed by atoms with Crippen molar-refractivity contribution >= 4 is 44.9 Å². The number of hydrogen-bond acceptors (Lipinski definition) is 4. The van der Waals surface area contributed by atoms with Gasteiger partial charge in [0.1, 0.15) is 5.82 Å². The number of aromatic nitrogens is 1. The first-order valence-electron chi connectivity index (χ1n) is 5.44. The van der Waals surface area contributed by atoms with Gasteiger partial charge in [0.05, 0.1) is 22.0 Å². The number of thioether (sulfide) groups is 1. The van der Waals surface area contributed by atoms with Crippen molar-refractivity contribution in [3.05, 3.63) is 40.5 Å². The SMILES string of the molecule is CSc1ccccc1Nc1ncc(N)c(C)c1Br. The molecule has 94 valence electrons. The third-order valence-corrected chi connectivity index (χ3v) is 4.43. The maximum atomic E-state index is 5.81. The summed E-state index contributed by atoms with van der Waals surface area (Å²) in [6.07, 6.45) is 3.72. The van der Waals surface area contributed by atoms with Crippen LogP contribution in [0.2, 0.25) is 0 Å². The molecule has 0 unspecified atom stereocenters. The van der Waals surface area contributed by atoms with E-state index < -0.39 is 0 Å². The number of halogens is 1. The number of hydrogen-bond donors (Lipinski definition) is 2. The Kier molecular flexibility index (Phi) is 4.14. The van der Waals surface area contributed by atoms with Gasteiger partial charge in [-0.05, 0) is 46.8 Å². The quantitative estimate of drug-likeness (QED) is 0.831. The maximum Gasteiger partial charge on any atom is 0.145 e. The molecule has 0 saturated heterocycles. The van der Waals surface area contributed by atoms with E-state index in [9.17, 15) is 0 Å². The fraction of sp³-hybridized carbons (Fsp3) is 0.154. The summed E-state index contributed by atoms with van der Waals surface area (Å²) in [5.41, 5.74) is 8.54. The maximum absolute atomic E-state index is 5.81. The molecule has 0 atom stereocenters. The van der Waals surface area contributed by atoms with E-state index in [4.69, 9.17) is 5.73 Å². The largest absolute Gasteiger partial charge is 0.397 e. The fourth-order valence-corrected chi connectivity index (χ4v) is 2.54. The van der Waals surface area contributed by atoms with E-state index in [-0.39, 0.29) is 0 Å². The predicted octanol–water partition coefficient (Wildman–Crippen LogP) is 4.20. The van der Waals surface area contributed by atoms with Crippen LogP contribution in [0.4, 0.5) is 17.2 Å². The van der Waals surface area contributed by atoms with Crippen LogP contribution in [0.3, 0.4) is 0 Å². The molecule has 18 heavy (non-hydrogen) atoms. The van der Waals surface area contributed by atoms with Crippen LogP contribution in [0, 0.1) is 6.92 Å². The number of nitrogen functional groups attached to an aromatic ring is 1. The number of benzene rings is 1. The molecule has 0 aliphatic rings. The van der Waals surface area contributed by atoms with Gasteiger partial charge in [-0.1, -0.05) is 12.1 Å². The van der Waals surface area contributed by atoms with E-state index in [1.165, 1.54) is 4.90 Å². The van der Waals surface area contributed by atoms with Gasteiger partial charge >= 0.3 is 0 Å². The van der Waals surface area contributed by atoms with Crippen LogP contribution < -0.4 is 11.1 Å². The van der Waals surface area contributed by atoms with E-state index in [1.807, 2.05) is 25.1 Å². The molecule has 1 aromatic carbocycles. The summed E-state index contributed by atoms with van der Waals surface area (Å²) >= 11 is 5.22. The molecule has 0 bridgehead atoms. The predicted molar refractivity (Wildman–Crippen MR) is 82.6 cm³/mol. The molecule has 5 heteroatoms. The van der Waals surface area contributed by atoms with Gasteiger partial charge in [-0.15, -0.1) is 11.8 Å². The Hall–Kier alpha value is -1.20. The first kappa shape index (κ1) is 13.2. The molecule has 0 aliphatic carbocycles. The van der Waals surface area contributed by atoms with Crippen molar-refractivity contribution in [1.82, 2.24) is 4.98 Å². The van der Waals surface area contributed by atoms with Crippen molar-refractivity contribution in [3.8, 4) is 0 Å². The zero-order valence-electron chi connectivity index (χ0n) is 10.2. The second kappa shape index (κ2) is 5.63. The zero-order valence-corrected chi connectivity index (χ0v) is 12.6. The van der Waals surface area contributed by atoms with Gasteiger partial charge in [-0.3, -0.25) is 0 Å². The first-order chi connectivity index (χ1) is 8.63. The van der Waals surface area contributed by atoms with E-state index in [0.717, 1.165) is 21.5 Å². The van der Waals surface area contributed by atoms with Gasteiger partial charge in [-0.2, -0.15) is 0 Å². The lowest BCUT2D eigenvalue weighted by Crippen LogP contribution is -2.00. The fourth-order valence-electron chi connectivity index (χ4n) is 1.55. The van der Waals surface area contributed by atoms with Crippen LogP contribution in [0.15, 0.2) is 39.8 Å². The third-order valence-electron chi connectivity index (χ3n) is 2.66. The molecule has 0 amide bonds. The van der Waals surface area contributed by atoms with Crippen LogP contribution in [0.1, 0.15) is 5.56 Å². The number of nitrogens with one attached hydrogen (secondary N) is 1. The Morgan fingerprint density at radius 1 is 1.33 bits per heavy atom. The van der Waals surface area contributed by atoms with Crippen LogP contribution in [-0.4, -0.2) is 11.2 Å². The summed E-state index contributed by atoms with van der Waals surface area (Å²) in [7, 11) is 0. The third kappa shape index (κ3) is 2.62. The Balaban J connectivity index is 2.37. The van der Waals surface area contributed by atoms with Gasteiger partial charge in [-0.25, -0.2) is 4.98 Å². The molecule has 0 spiro atoms. The van der Waals surface area contributed by atoms with E-state index in [1.54, 1.807) is 18.0 Å². The molecule has 0 aliphatic heterocycles. The number of nitrogens with zero attached hydrogens (tertiary/aromatic N) is 1. The Labute approximate surface area is 119 Å². The highest BCUT2D eigenvalue weighted by Crippen LogP contribution is 2.32. The highest BCUT2D eigenvalue weighted by atomic mass is 79.9. The molecule has 1 aromatic heterocycles. The second-order valence-corrected chi connectivity index (χ2v) is 5.47. The van der Waals surface area contributed by atoms with E-state index in [2.05, 4.69) is 38.6 Å². The standard InChI is InChI=1S/C13H14BrN3S/c1-8-9(15)7-16-13(12(8)14)17-10-5-3-4-6-11(10)18-2/h3-7H,15H2,1-2H3,(H,16,17). The van der Waals surface area contributed by atoms with Gasteiger partial charge in [0.25, 0.3) is 0 Å². The van der Waals surface area contributed by atoms with Crippen LogP contribution in [0.5, 0.6) is 0 Å². The zero-order chi connectivity index (χ0) is 13.1. The minimum atomic E-state index is 0.686. The van der Waals surface area contributed by atoms with Crippen molar-refractivity contribution in [2.24, 2.45) is 0 Å². The normalized spacial score (nSPS) is 10.4. The van der Waals surface area contributed by atoms with Gasteiger partial charge in [0.2, 0.25) is 0 Å². The summed E-state index contributed by atoms with van der Waals surface area (Å²) in [6.45, 7) is 1.97. The van der Waals surface area contributed by atoms with Crippen molar-refractivity contribution in [1.29, 1.82) is 0 Å². The number of pyridine rings is 1. The van der Waals surface area contributed by atoms with Crippen molar-refractivity contribution in [3.63, 3.8) is 0 Å². The monoisotopic (exact) mass is 323 g/mol. The second-order valence-electron chi connectivity index (χ2n) is 3.83. The molecule has 1 heterocycles. The van der Waals surface area contributed by atoms with Crippen LogP contribution in [0.25, 0.3) is 0 Å². The number of para-hydroxylation sites is 1. The molecular formula is C13H14BrN3S. The highest BCUT2D eigenvalue weighted by Gasteiger charge is 2.09. The lowest BCUT2D eigenvalue weighted by atomic mass is 10.2. The van der Waals surface area contributed by atoms with Crippen molar-refractivity contribution < 1.29 is 0 Å². The molecule has 0 fully saturated rings. The minimum Gasteiger partial charge on any atom is -0.397 e. The minimum absolute atomic E-state index is 0.686. The smallest absolute Gasteiger partial charge is 0.145 e. The van der Waals surface area contributed by atoms with Crippen LogP contribution in [-0.2, 0) is 0 Å². The Bertz CT molecular complexity index is 572. The average molecular weight is 324 g/mol. The Morgan fingerprint density at radius 2 is 2.06 bits per heavy atom. The summed E-state index contributed by atoms with van der Waals surface area (Å²) in [5, 5.41) is 3.33.